The van der Waals surface area contributed by atoms with Gasteiger partial charge in [0.05, 0.1) is 9.85 Å². The Bertz CT molecular complexity index is 1150. The summed E-state index contributed by atoms with van der Waals surface area (Å²) in [5.74, 6) is -1.06. The Kier molecular flexibility index (Phi) is 6.67. The third kappa shape index (κ3) is 5.17. The molecule has 0 bridgehead atoms. The molecule has 0 aromatic heterocycles. The number of hydrogen-bond donors (Lipinski definition) is 2. The summed E-state index contributed by atoms with van der Waals surface area (Å²) < 4.78 is 0. The number of nitrogens with zero attached hydrogens (tertiary/aromatic N) is 2. The lowest BCUT2D eigenvalue weighted by atomic mass is 10.1. The van der Waals surface area contributed by atoms with Gasteiger partial charge in [0.2, 0.25) is 0 Å². The molecule has 0 aliphatic heterocycles. The van der Waals surface area contributed by atoms with Crippen molar-refractivity contribution in [3.8, 4) is 0 Å². The predicted octanol–water partition coefficient (Wildman–Crippen LogP) is 5.31. The normalized spacial score (nSPS) is 10.3. The molecule has 0 aliphatic carbocycles. The fourth-order valence-corrected chi connectivity index (χ4v) is 3.13. The van der Waals surface area contributed by atoms with Gasteiger partial charge in [0, 0.05) is 34.6 Å². The number of carbonyl (C=O) groups excluding carboxylic acids is 2. The molecular formula is C20H12Cl2N4O6. The van der Waals surface area contributed by atoms with E-state index in [4.69, 9.17) is 23.2 Å². The second-order valence-electron chi connectivity index (χ2n) is 6.33. The van der Waals surface area contributed by atoms with Gasteiger partial charge in [0.15, 0.2) is 0 Å². The Morgan fingerprint density at radius 1 is 0.656 bits per heavy atom. The van der Waals surface area contributed by atoms with E-state index >= 15 is 0 Å². The number of benzene rings is 3. The molecule has 3 rings (SSSR count). The van der Waals surface area contributed by atoms with Crippen molar-refractivity contribution in [2.45, 2.75) is 0 Å². The number of halogens is 2. The largest absolute Gasteiger partial charge is 0.322 e. The minimum Gasteiger partial charge on any atom is -0.322 e. The molecule has 12 heteroatoms. The molecule has 0 spiro atoms. The first kappa shape index (κ1) is 22.7. The van der Waals surface area contributed by atoms with Gasteiger partial charge in [-0.05, 0) is 48.5 Å². The summed E-state index contributed by atoms with van der Waals surface area (Å²) >= 11 is 11.6. The van der Waals surface area contributed by atoms with E-state index < -0.39 is 21.7 Å². The number of nitro groups is 2. The third-order valence-corrected chi connectivity index (χ3v) is 4.82. The summed E-state index contributed by atoms with van der Waals surface area (Å²) in [6, 6.07) is 13.4. The van der Waals surface area contributed by atoms with E-state index in [2.05, 4.69) is 10.6 Å². The number of nitrogens with one attached hydrogen (secondary N) is 2. The van der Waals surface area contributed by atoms with E-state index in [0.29, 0.717) is 11.4 Å². The smallest absolute Gasteiger partial charge is 0.287 e. The number of hydrogen-bond acceptors (Lipinski definition) is 6. The van der Waals surface area contributed by atoms with Crippen molar-refractivity contribution in [2.75, 3.05) is 10.6 Å². The molecule has 0 aliphatic rings. The van der Waals surface area contributed by atoms with Crippen LogP contribution in [-0.2, 0) is 0 Å². The van der Waals surface area contributed by atoms with E-state index in [1.165, 1.54) is 48.5 Å². The average Bonchev–Trinajstić information content (AvgIpc) is 2.74. The standard InChI is InChI=1S/C20H12Cl2N4O6/c21-15-9-11(1-7-17(15)25(29)30)19(27)23-13-3-5-14(6-4-13)24-20(28)12-2-8-18(26(31)32)16(22)10-12/h1-10H,(H,23,27)(H,24,28). The lowest BCUT2D eigenvalue weighted by molar-refractivity contribution is -0.384. The van der Waals surface area contributed by atoms with E-state index in [1.807, 2.05) is 0 Å². The molecule has 2 amide bonds. The van der Waals surface area contributed by atoms with Crippen LogP contribution in [0.2, 0.25) is 10.0 Å². The molecule has 3 aromatic rings. The number of rotatable bonds is 6. The molecule has 2 N–H and O–H groups in total. The van der Waals surface area contributed by atoms with Crippen LogP contribution < -0.4 is 10.6 Å². The molecule has 0 heterocycles. The molecule has 0 unspecified atom stereocenters. The average molecular weight is 475 g/mol. The zero-order valence-electron chi connectivity index (χ0n) is 15.9. The Labute approximate surface area is 190 Å². The fourth-order valence-electron chi connectivity index (χ4n) is 2.64. The number of carbonyl (C=O) groups is 2. The van der Waals surface area contributed by atoms with Crippen molar-refractivity contribution >= 4 is 57.8 Å². The van der Waals surface area contributed by atoms with Crippen LogP contribution in [0.5, 0.6) is 0 Å². The first-order valence-electron chi connectivity index (χ1n) is 8.76. The van der Waals surface area contributed by atoms with Crippen LogP contribution in [0.4, 0.5) is 22.7 Å². The maximum Gasteiger partial charge on any atom is 0.287 e. The summed E-state index contributed by atoms with van der Waals surface area (Å²) in [5.41, 5.74) is 0.456. The van der Waals surface area contributed by atoms with E-state index in [9.17, 15) is 29.8 Å². The summed E-state index contributed by atoms with van der Waals surface area (Å²) in [4.78, 5) is 45.0. The summed E-state index contributed by atoms with van der Waals surface area (Å²) in [6.07, 6.45) is 0. The minimum absolute atomic E-state index is 0.132. The highest BCUT2D eigenvalue weighted by atomic mass is 35.5. The van der Waals surface area contributed by atoms with Gasteiger partial charge in [-0.1, -0.05) is 23.2 Å². The Morgan fingerprint density at radius 3 is 1.28 bits per heavy atom. The summed E-state index contributed by atoms with van der Waals surface area (Å²) in [7, 11) is 0. The summed E-state index contributed by atoms with van der Waals surface area (Å²) in [5, 5.41) is 26.5. The van der Waals surface area contributed by atoms with Gasteiger partial charge in [-0.25, -0.2) is 0 Å². The molecule has 0 fully saturated rings. The Balaban J connectivity index is 1.66. The zero-order chi connectivity index (χ0) is 23.4. The van der Waals surface area contributed by atoms with Gasteiger partial charge in [-0.3, -0.25) is 29.8 Å². The zero-order valence-corrected chi connectivity index (χ0v) is 17.4. The molecule has 3 aromatic carbocycles. The highest BCUT2D eigenvalue weighted by Gasteiger charge is 2.17. The predicted molar refractivity (Wildman–Crippen MR) is 119 cm³/mol. The SMILES string of the molecule is O=C(Nc1ccc(NC(=O)c2ccc([N+](=O)[O-])c(Cl)c2)cc1)c1ccc([N+](=O)[O-])c(Cl)c1. The quantitative estimate of drug-likeness (QED) is 0.365. The van der Waals surface area contributed by atoms with Crippen LogP contribution in [-0.4, -0.2) is 21.7 Å². The molecule has 0 saturated heterocycles. The molecule has 0 saturated carbocycles. The molecule has 0 radical (unpaired) electrons. The molecule has 10 nitrogen and oxygen atoms in total. The van der Waals surface area contributed by atoms with Crippen molar-refractivity contribution in [1.82, 2.24) is 0 Å². The minimum atomic E-state index is -0.651. The van der Waals surface area contributed by atoms with Crippen molar-refractivity contribution in [2.24, 2.45) is 0 Å². The van der Waals surface area contributed by atoms with Crippen molar-refractivity contribution < 1.29 is 19.4 Å². The number of amides is 2. The Hall–Kier alpha value is -4.02. The van der Waals surface area contributed by atoms with Gasteiger partial charge in [-0.2, -0.15) is 0 Å². The van der Waals surface area contributed by atoms with Crippen molar-refractivity contribution in [1.29, 1.82) is 0 Å². The Morgan fingerprint density at radius 2 is 1.00 bits per heavy atom. The number of anilines is 2. The second-order valence-corrected chi connectivity index (χ2v) is 7.15. The highest BCUT2D eigenvalue weighted by Crippen LogP contribution is 2.27. The van der Waals surface area contributed by atoms with Crippen LogP contribution in [0.15, 0.2) is 60.7 Å². The van der Waals surface area contributed by atoms with Crippen LogP contribution in [0.3, 0.4) is 0 Å². The number of nitro benzene ring substituents is 2. The van der Waals surface area contributed by atoms with Crippen LogP contribution >= 0.6 is 23.2 Å². The van der Waals surface area contributed by atoms with Crippen LogP contribution in [0.25, 0.3) is 0 Å². The van der Waals surface area contributed by atoms with Gasteiger partial charge in [0.1, 0.15) is 10.0 Å². The third-order valence-electron chi connectivity index (χ3n) is 4.21. The van der Waals surface area contributed by atoms with Gasteiger partial charge >= 0.3 is 0 Å². The van der Waals surface area contributed by atoms with Gasteiger partial charge in [0.25, 0.3) is 23.2 Å². The van der Waals surface area contributed by atoms with Crippen LogP contribution in [0.1, 0.15) is 20.7 Å². The highest BCUT2D eigenvalue weighted by molar-refractivity contribution is 6.33. The van der Waals surface area contributed by atoms with Gasteiger partial charge < -0.3 is 10.6 Å². The topological polar surface area (TPSA) is 144 Å². The summed E-state index contributed by atoms with van der Waals surface area (Å²) in [6.45, 7) is 0. The maximum atomic E-state index is 12.3. The lowest BCUT2D eigenvalue weighted by Gasteiger charge is -2.09. The maximum absolute atomic E-state index is 12.3. The van der Waals surface area contributed by atoms with E-state index in [0.717, 1.165) is 12.1 Å². The van der Waals surface area contributed by atoms with E-state index in [-0.39, 0.29) is 32.5 Å². The fraction of sp³-hybridized carbons (Fsp3) is 0. The first-order valence-corrected chi connectivity index (χ1v) is 9.52. The van der Waals surface area contributed by atoms with E-state index in [1.54, 1.807) is 0 Å². The molecule has 162 valence electrons. The molecule has 0 atom stereocenters. The van der Waals surface area contributed by atoms with Crippen LogP contribution in [0, 0.1) is 20.2 Å². The molecular weight excluding hydrogens is 463 g/mol. The first-order chi connectivity index (χ1) is 15.2. The second kappa shape index (κ2) is 9.41. The lowest BCUT2D eigenvalue weighted by Crippen LogP contribution is -2.13. The van der Waals surface area contributed by atoms with Gasteiger partial charge in [-0.15, -0.1) is 0 Å². The monoisotopic (exact) mass is 474 g/mol. The van der Waals surface area contributed by atoms with Crippen molar-refractivity contribution in [3.05, 3.63) is 102 Å². The van der Waals surface area contributed by atoms with Crippen molar-refractivity contribution in [3.63, 3.8) is 0 Å². The molecule has 32 heavy (non-hydrogen) atoms.